The molecule has 2 aromatic rings. The zero-order chi connectivity index (χ0) is 17.3. The predicted octanol–water partition coefficient (Wildman–Crippen LogP) is 1.58. The van der Waals surface area contributed by atoms with Crippen molar-refractivity contribution in [3.05, 3.63) is 66.2 Å². The number of likely N-dealkylation sites (tertiary alicyclic amines) is 1. The quantitative estimate of drug-likeness (QED) is 0.579. The van der Waals surface area contributed by atoms with E-state index in [1.54, 1.807) is 4.90 Å². The van der Waals surface area contributed by atoms with E-state index in [1.165, 1.54) is 4.46 Å². The number of carbonyl (C=O) groups excluding carboxylic acids is 2. The van der Waals surface area contributed by atoms with E-state index in [9.17, 15) is 9.59 Å². The molecule has 2 saturated heterocycles. The fraction of sp³-hybridized carbons (Fsp3) is 0.300. The Kier molecular flexibility index (Phi) is 4.46. The van der Waals surface area contributed by atoms with E-state index < -0.39 is 5.60 Å². The first kappa shape index (κ1) is 16.5. The molecule has 0 N–H and O–H groups in total. The van der Waals surface area contributed by atoms with Crippen LogP contribution in [0.3, 0.4) is 0 Å². The summed E-state index contributed by atoms with van der Waals surface area (Å²) in [7, 11) is 0. The van der Waals surface area contributed by atoms with Crippen molar-refractivity contribution in [3.8, 4) is 0 Å². The summed E-state index contributed by atoms with van der Waals surface area (Å²) in [5, 5.41) is 0. The van der Waals surface area contributed by atoms with Crippen molar-refractivity contribution in [2.45, 2.75) is 23.4 Å². The fourth-order valence-electron chi connectivity index (χ4n) is 3.54. The van der Waals surface area contributed by atoms with E-state index in [-0.39, 0.29) is 38.0 Å². The third-order valence-corrected chi connectivity index (χ3v) is 7.68. The maximum absolute atomic E-state index is 13.1. The second-order valence-electron chi connectivity index (χ2n) is 6.36. The van der Waals surface area contributed by atoms with Crippen molar-refractivity contribution in [2.24, 2.45) is 0 Å². The molecule has 2 fully saturated rings. The number of ketones is 1. The molecule has 2 aliphatic heterocycles. The van der Waals surface area contributed by atoms with E-state index in [4.69, 9.17) is 4.74 Å². The Balaban J connectivity index is 1.57. The van der Waals surface area contributed by atoms with E-state index >= 15 is 0 Å². The molecule has 25 heavy (non-hydrogen) atoms. The average Bonchev–Trinajstić information content (AvgIpc) is 3.15. The first-order valence-electron chi connectivity index (χ1n) is 8.42. The molecule has 4 rings (SSSR count). The van der Waals surface area contributed by atoms with Crippen LogP contribution in [0.2, 0.25) is 4.82 Å². The van der Waals surface area contributed by atoms with Gasteiger partial charge in [0.05, 0.1) is 0 Å². The van der Waals surface area contributed by atoms with Gasteiger partial charge in [-0.2, -0.15) is 0 Å². The van der Waals surface area contributed by atoms with E-state index in [1.807, 2.05) is 48.5 Å². The summed E-state index contributed by atoms with van der Waals surface area (Å²) in [5.41, 5.74) is -0.214. The Morgan fingerprint density at radius 3 is 2.44 bits per heavy atom. The Bertz CT molecular complexity index is 780. The number of ether oxygens (including phenoxy) is 1. The van der Waals surface area contributed by atoms with Crippen LogP contribution in [0, 0.1) is 0 Å². The van der Waals surface area contributed by atoms with Gasteiger partial charge in [0.1, 0.15) is 0 Å². The summed E-state index contributed by atoms with van der Waals surface area (Å²) in [6.07, 6.45) is 0.769. The topological polar surface area (TPSA) is 46.6 Å². The Labute approximate surface area is 153 Å². The third kappa shape index (κ3) is 2.93. The zero-order valence-corrected chi connectivity index (χ0v) is 15.5. The molecule has 1 spiro atoms. The molecule has 2 aliphatic rings. The van der Waals surface area contributed by atoms with Crippen LogP contribution in [0.15, 0.2) is 60.7 Å². The van der Waals surface area contributed by atoms with Gasteiger partial charge in [-0.25, -0.2) is 0 Å². The summed E-state index contributed by atoms with van der Waals surface area (Å²) in [5.74, 6) is -0.226. The van der Waals surface area contributed by atoms with Crippen molar-refractivity contribution in [3.63, 3.8) is 0 Å². The van der Waals surface area contributed by atoms with Gasteiger partial charge in [-0.1, -0.05) is 0 Å². The molecular formula is C20H19NO3Se. The summed E-state index contributed by atoms with van der Waals surface area (Å²) in [4.78, 5) is 27.6. The molecule has 2 atom stereocenters. The molecule has 2 aromatic carbocycles. The summed E-state index contributed by atoms with van der Waals surface area (Å²) >= 11 is 0.0336. The summed E-state index contributed by atoms with van der Waals surface area (Å²) < 4.78 is 7.05. The molecule has 5 heteroatoms. The van der Waals surface area contributed by atoms with Gasteiger partial charge in [-0.3, -0.25) is 0 Å². The number of benzene rings is 2. The van der Waals surface area contributed by atoms with E-state index in [0.29, 0.717) is 13.2 Å². The zero-order valence-electron chi connectivity index (χ0n) is 13.8. The van der Waals surface area contributed by atoms with Gasteiger partial charge in [0.2, 0.25) is 0 Å². The van der Waals surface area contributed by atoms with Gasteiger partial charge < -0.3 is 0 Å². The molecule has 128 valence electrons. The van der Waals surface area contributed by atoms with Crippen LogP contribution in [0.25, 0.3) is 0 Å². The third-order valence-electron chi connectivity index (χ3n) is 4.75. The number of nitrogens with zero attached hydrogens (tertiary/aromatic N) is 1. The molecule has 1 amide bonds. The van der Waals surface area contributed by atoms with Crippen LogP contribution in [-0.2, 0) is 20.9 Å². The van der Waals surface area contributed by atoms with Crippen LogP contribution in [0.4, 0.5) is 0 Å². The van der Waals surface area contributed by atoms with Crippen LogP contribution in [-0.4, -0.2) is 50.3 Å². The van der Waals surface area contributed by atoms with Crippen LogP contribution in [0.5, 0.6) is 0 Å². The fourth-order valence-corrected chi connectivity index (χ4v) is 6.31. The molecule has 0 saturated carbocycles. The maximum atomic E-state index is 13.1. The van der Waals surface area contributed by atoms with Crippen LogP contribution in [0.1, 0.15) is 12.0 Å². The monoisotopic (exact) mass is 401 g/mol. The normalized spacial score (nSPS) is 25.9. The second-order valence-corrected chi connectivity index (χ2v) is 9.04. The SMILES string of the molecule is O=C1CN(Cc2ccccc2)C(=O)[C@@]12OCC[C@H]2[Se]c1ccccc1. The average molecular weight is 400 g/mol. The molecule has 0 unspecified atom stereocenters. The van der Waals surface area contributed by atoms with Crippen molar-refractivity contribution in [1.82, 2.24) is 4.90 Å². The van der Waals surface area contributed by atoms with Gasteiger partial charge in [0.15, 0.2) is 0 Å². The Morgan fingerprint density at radius 2 is 1.72 bits per heavy atom. The Hall–Kier alpha value is -1.94. The van der Waals surface area contributed by atoms with Gasteiger partial charge >= 0.3 is 153 Å². The standard InChI is InChI=1S/C20H19NO3Se/c22-17-14-21(13-15-7-3-1-4-8-15)19(23)20(17)18(11-12-24-20)25-16-9-5-2-6-10-16/h1-10,18H,11-14H2/t18-,20-/m1/s1. The minimum absolute atomic E-state index is 0.0248. The number of hydrogen-bond acceptors (Lipinski definition) is 3. The summed E-state index contributed by atoms with van der Waals surface area (Å²) in [6, 6.07) is 19.9. The van der Waals surface area contributed by atoms with Gasteiger partial charge in [0.25, 0.3) is 0 Å². The number of hydrogen-bond donors (Lipinski definition) is 0. The first-order chi connectivity index (χ1) is 12.2. The molecule has 0 aliphatic carbocycles. The number of rotatable bonds is 4. The van der Waals surface area contributed by atoms with Crippen LogP contribution >= 0.6 is 0 Å². The predicted molar refractivity (Wildman–Crippen MR) is 95.7 cm³/mol. The molecular weight excluding hydrogens is 381 g/mol. The van der Waals surface area contributed by atoms with E-state index in [0.717, 1.165) is 12.0 Å². The molecule has 0 aromatic heterocycles. The van der Waals surface area contributed by atoms with Crippen molar-refractivity contribution >= 4 is 31.1 Å². The summed E-state index contributed by atoms with van der Waals surface area (Å²) in [6.45, 7) is 1.09. The van der Waals surface area contributed by atoms with Gasteiger partial charge in [-0.05, 0) is 0 Å². The second kappa shape index (κ2) is 6.75. The molecule has 0 radical (unpaired) electrons. The molecule has 2 heterocycles. The van der Waals surface area contributed by atoms with Gasteiger partial charge in [-0.15, -0.1) is 0 Å². The molecule has 4 nitrogen and oxygen atoms in total. The Morgan fingerprint density at radius 1 is 1.04 bits per heavy atom. The number of Topliss-reactive ketones (excluding diaryl/α,β-unsaturated/α-hetero) is 1. The minimum atomic E-state index is -1.25. The first-order valence-corrected chi connectivity index (χ1v) is 10.3. The number of carbonyl (C=O) groups is 2. The van der Waals surface area contributed by atoms with Crippen molar-refractivity contribution in [2.75, 3.05) is 13.2 Å². The van der Waals surface area contributed by atoms with Crippen LogP contribution < -0.4 is 4.46 Å². The molecule has 0 bridgehead atoms. The van der Waals surface area contributed by atoms with Gasteiger partial charge in [0, 0.05) is 0 Å². The van der Waals surface area contributed by atoms with Crippen molar-refractivity contribution < 1.29 is 14.3 Å². The van der Waals surface area contributed by atoms with E-state index in [2.05, 4.69) is 12.1 Å². The number of amides is 1. The van der Waals surface area contributed by atoms with Crippen molar-refractivity contribution in [1.29, 1.82) is 0 Å².